The number of hydrogen-bond donors (Lipinski definition) is 2. The minimum atomic E-state index is -0.547. The van der Waals surface area contributed by atoms with E-state index in [0.29, 0.717) is 22.0 Å². The molecule has 1 aromatic carbocycles. The lowest BCUT2D eigenvalue weighted by molar-refractivity contribution is 0.100. The summed E-state index contributed by atoms with van der Waals surface area (Å²) in [4.78, 5) is 26.1. The molecule has 0 saturated carbocycles. The molecule has 1 aromatic heterocycles. The summed E-state index contributed by atoms with van der Waals surface area (Å²) >= 11 is 1.56. The van der Waals surface area contributed by atoms with Gasteiger partial charge >= 0.3 is 0 Å². The number of para-hydroxylation sites is 1. The van der Waals surface area contributed by atoms with Crippen LogP contribution in [0.25, 0.3) is 0 Å². The molecule has 3 N–H and O–H groups in total. The van der Waals surface area contributed by atoms with Crippen molar-refractivity contribution in [2.24, 2.45) is 17.1 Å². The largest absolute Gasteiger partial charge is 0.366 e. The number of thiophene rings is 1. The number of hydrogen-bond acceptors (Lipinski definition) is 3. The van der Waals surface area contributed by atoms with Gasteiger partial charge in [0.25, 0.3) is 11.8 Å². The highest BCUT2D eigenvalue weighted by molar-refractivity contribution is 7.14. The van der Waals surface area contributed by atoms with Gasteiger partial charge in [-0.2, -0.15) is 0 Å². The third-order valence-corrected chi connectivity index (χ3v) is 6.21. The van der Waals surface area contributed by atoms with Crippen LogP contribution in [0.3, 0.4) is 0 Å². The number of nitrogens with one attached hydrogen (secondary N) is 1. The third-order valence-electron chi connectivity index (χ3n) is 4.97. The van der Waals surface area contributed by atoms with E-state index in [1.54, 1.807) is 35.6 Å². The second-order valence-corrected chi connectivity index (χ2v) is 8.87. The Bertz CT molecular complexity index is 817. The summed E-state index contributed by atoms with van der Waals surface area (Å²) < 4.78 is 0. The lowest BCUT2D eigenvalue weighted by atomic mass is 9.72. The SMILES string of the molecule is CC(C)(C)C1CCc2sc(C(=O)Nc3ccccc3C(N)=O)cc2C1. The molecule has 2 amide bonds. The fourth-order valence-electron chi connectivity index (χ4n) is 3.37. The zero-order valence-electron chi connectivity index (χ0n) is 14.9. The highest BCUT2D eigenvalue weighted by Gasteiger charge is 2.30. The van der Waals surface area contributed by atoms with Gasteiger partial charge in [0.2, 0.25) is 0 Å². The molecule has 1 aliphatic rings. The molecule has 25 heavy (non-hydrogen) atoms. The van der Waals surface area contributed by atoms with Gasteiger partial charge in [-0.05, 0) is 54.4 Å². The van der Waals surface area contributed by atoms with Crippen molar-refractivity contribution in [3.8, 4) is 0 Å². The Balaban J connectivity index is 1.79. The molecule has 132 valence electrons. The maximum Gasteiger partial charge on any atom is 0.265 e. The highest BCUT2D eigenvalue weighted by atomic mass is 32.1. The summed E-state index contributed by atoms with van der Waals surface area (Å²) in [6.07, 6.45) is 3.23. The number of rotatable bonds is 3. The van der Waals surface area contributed by atoms with Crippen molar-refractivity contribution in [2.45, 2.75) is 40.0 Å². The molecule has 5 heteroatoms. The van der Waals surface area contributed by atoms with E-state index in [0.717, 1.165) is 12.8 Å². The predicted molar refractivity (Wildman–Crippen MR) is 102 cm³/mol. The van der Waals surface area contributed by atoms with E-state index < -0.39 is 5.91 Å². The highest BCUT2D eigenvalue weighted by Crippen LogP contribution is 2.40. The van der Waals surface area contributed by atoms with Gasteiger partial charge in [-0.1, -0.05) is 32.9 Å². The smallest absolute Gasteiger partial charge is 0.265 e. The van der Waals surface area contributed by atoms with Crippen LogP contribution in [0.2, 0.25) is 0 Å². The summed E-state index contributed by atoms with van der Waals surface area (Å²) in [5.41, 5.74) is 7.73. The molecule has 1 aliphatic carbocycles. The molecule has 1 heterocycles. The van der Waals surface area contributed by atoms with Gasteiger partial charge < -0.3 is 11.1 Å². The molecule has 1 atom stereocenters. The fraction of sp³-hybridized carbons (Fsp3) is 0.400. The Hall–Kier alpha value is -2.14. The average Bonchev–Trinajstić information content (AvgIpc) is 2.97. The zero-order valence-corrected chi connectivity index (χ0v) is 15.7. The van der Waals surface area contributed by atoms with Gasteiger partial charge in [0.15, 0.2) is 0 Å². The number of amides is 2. The third kappa shape index (κ3) is 3.76. The molecular weight excluding hydrogens is 332 g/mol. The number of anilines is 1. The minimum Gasteiger partial charge on any atom is -0.366 e. The Morgan fingerprint density at radius 1 is 1.24 bits per heavy atom. The molecule has 0 bridgehead atoms. The van der Waals surface area contributed by atoms with Gasteiger partial charge in [0, 0.05) is 4.88 Å². The quantitative estimate of drug-likeness (QED) is 0.863. The first-order chi connectivity index (χ1) is 11.8. The van der Waals surface area contributed by atoms with Gasteiger partial charge in [-0.3, -0.25) is 9.59 Å². The lowest BCUT2D eigenvalue weighted by Gasteiger charge is -2.33. The number of primary amides is 1. The first kappa shape index (κ1) is 17.7. The van der Waals surface area contributed by atoms with Crippen LogP contribution in [-0.2, 0) is 12.8 Å². The van der Waals surface area contributed by atoms with Crippen molar-refractivity contribution in [1.82, 2.24) is 0 Å². The van der Waals surface area contributed by atoms with Crippen LogP contribution in [0, 0.1) is 11.3 Å². The predicted octanol–water partition coefficient (Wildman–Crippen LogP) is 4.25. The first-order valence-electron chi connectivity index (χ1n) is 8.57. The topological polar surface area (TPSA) is 72.2 Å². The van der Waals surface area contributed by atoms with E-state index in [2.05, 4.69) is 26.1 Å². The second-order valence-electron chi connectivity index (χ2n) is 7.73. The van der Waals surface area contributed by atoms with E-state index in [9.17, 15) is 9.59 Å². The average molecular weight is 356 g/mol. The van der Waals surface area contributed by atoms with E-state index in [1.165, 1.54) is 16.9 Å². The molecule has 1 unspecified atom stereocenters. The molecule has 0 spiro atoms. The van der Waals surface area contributed by atoms with Crippen molar-refractivity contribution in [3.05, 3.63) is 51.2 Å². The Morgan fingerprint density at radius 2 is 1.96 bits per heavy atom. The normalized spacial score (nSPS) is 17.0. The van der Waals surface area contributed by atoms with Gasteiger partial charge in [-0.25, -0.2) is 0 Å². The Labute approximate surface area is 152 Å². The van der Waals surface area contributed by atoms with Crippen molar-refractivity contribution in [2.75, 3.05) is 5.32 Å². The molecular formula is C20H24N2O2S. The molecule has 0 saturated heterocycles. The molecule has 3 rings (SSSR count). The molecule has 0 aliphatic heterocycles. The number of nitrogens with two attached hydrogens (primary N) is 1. The summed E-state index contributed by atoms with van der Waals surface area (Å²) in [5, 5.41) is 2.83. The maximum atomic E-state index is 12.6. The lowest BCUT2D eigenvalue weighted by Crippen LogP contribution is -2.26. The van der Waals surface area contributed by atoms with Gasteiger partial charge in [0.1, 0.15) is 0 Å². The number of benzene rings is 1. The van der Waals surface area contributed by atoms with E-state index in [1.807, 2.05) is 6.07 Å². The Morgan fingerprint density at radius 3 is 2.64 bits per heavy atom. The van der Waals surface area contributed by atoms with Crippen molar-refractivity contribution in [1.29, 1.82) is 0 Å². The number of carbonyl (C=O) groups is 2. The van der Waals surface area contributed by atoms with E-state index in [4.69, 9.17) is 5.73 Å². The Kier molecular flexibility index (Phi) is 4.69. The van der Waals surface area contributed by atoms with Crippen LogP contribution in [0.15, 0.2) is 30.3 Å². The molecule has 2 aromatic rings. The maximum absolute atomic E-state index is 12.6. The van der Waals surface area contributed by atoms with Crippen molar-refractivity contribution >= 4 is 28.8 Å². The van der Waals surface area contributed by atoms with Crippen LogP contribution < -0.4 is 11.1 Å². The number of fused-ring (bicyclic) bond motifs is 1. The fourth-order valence-corrected chi connectivity index (χ4v) is 4.47. The van der Waals surface area contributed by atoms with Crippen LogP contribution in [0.5, 0.6) is 0 Å². The standard InChI is InChI=1S/C20H24N2O2S/c1-20(2,3)13-8-9-16-12(10-13)11-17(25-16)19(24)22-15-7-5-4-6-14(15)18(21)23/h4-7,11,13H,8-10H2,1-3H3,(H2,21,23)(H,22,24). The number of carbonyl (C=O) groups excluding carboxylic acids is 2. The van der Waals surface area contributed by atoms with Crippen LogP contribution >= 0.6 is 11.3 Å². The van der Waals surface area contributed by atoms with Crippen LogP contribution in [0.4, 0.5) is 5.69 Å². The van der Waals surface area contributed by atoms with E-state index in [-0.39, 0.29) is 11.3 Å². The summed E-state index contributed by atoms with van der Waals surface area (Å²) in [7, 11) is 0. The second kappa shape index (κ2) is 6.64. The summed E-state index contributed by atoms with van der Waals surface area (Å²) in [5.74, 6) is -0.0871. The molecule has 4 nitrogen and oxygen atoms in total. The summed E-state index contributed by atoms with van der Waals surface area (Å²) in [6.45, 7) is 6.84. The van der Waals surface area contributed by atoms with Crippen LogP contribution in [-0.4, -0.2) is 11.8 Å². The minimum absolute atomic E-state index is 0.180. The number of aryl methyl sites for hydroxylation is 1. The molecule has 0 fully saturated rings. The first-order valence-corrected chi connectivity index (χ1v) is 9.39. The van der Waals surface area contributed by atoms with E-state index >= 15 is 0 Å². The van der Waals surface area contributed by atoms with Crippen molar-refractivity contribution in [3.63, 3.8) is 0 Å². The monoisotopic (exact) mass is 356 g/mol. The zero-order chi connectivity index (χ0) is 18.2. The van der Waals surface area contributed by atoms with Gasteiger partial charge in [-0.15, -0.1) is 11.3 Å². The summed E-state index contributed by atoms with van der Waals surface area (Å²) in [6, 6.07) is 8.83. The van der Waals surface area contributed by atoms with Gasteiger partial charge in [0.05, 0.1) is 16.1 Å². The van der Waals surface area contributed by atoms with Crippen LogP contribution in [0.1, 0.15) is 57.7 Å². The van der Waals surface area contributed by atoms with Crippen molar-refractivity contribution < 1.29 is 9.59 Å². The molecule has 0 radical (unpaired) electrons.